The molecule has 0 bridgehead atoms. The standard InChI is InChI=1S/C12H20N4O/c1-2-16(9-3-4-12(13)15-17)10-11-5-7-14-8-6-11/h5-8,17H,2-4,9-10H2,1H3,(H2,13,15). The fourth-order valence-corrected chi connectivity index (χ4v) is 1.63. The van der Waals surface area contributed by atoms with Gasteiger partial charge in [-0.3, -0.25) is 9.88 Å². The van der Waals surface area contributed by atoms with Gasteiger partial charge in [0.25, 0.3) is 0 Å². The lowest BCUT2D eigenvalue weighted by Gasteiger charge is -2.20. The summed E-state index contributed by atoms with van der Waals surface area (Å²) < 4.78 is 0. The van der Waals surface area contributed by atoms with Crippen LogP contribution in [0.25, 0.3) is 0 Å². The molecule has 0 saturated heterocycles. The number of rotatable bonds is 7. The smallest absolute Gasteiger partial charge is 0.139 e. The van der Waals surface area contributed by atoms with E-state index in [1.807, 2.05) is 12.1 Å². The molecule has 3 N–H and O–H groups in total. The highest BCUT2D eigenvalue weighted by Gasteiger charge is 2.04. The summed E-state index contributed by atoms with van der Waals surface area (Å²) >= 11 is 0. The highest BCUT2D eigenvalue weighted by atomic mass is 16.4. The van der Waals surface area contributed by atoms with Gasteiger partial charge in [-0.25, -0.2) is 0 Å². The molecule has 0 atom stereocenters. The van der Waals surface area contributed by atoms with Gasteiger partial charge >= 0.3 is 0 Å². The average Bonchev–Trinajstić information content (AvgIpc) is 2.38. The number of hydrogen-bond acceptors (Lipinski definition) is 4. The van der Waals surface area contributed by atoms with E-state index in [0.29, 0.717) is 12.3 Å². The number of nitrogens with two attached hydrogens (primary N) is 1. The number of hydrogen-bond donors (Lipinski definition) is 2. The van der Waals surface area contributed by atoms with Gasteiger partial charge in [-0.15, -0.1) is 0 Å². The molecular weight excluding hydrogens is 216 g/mol. The van der Waals surface area contributed by atoms with Crippen molar-refractivity contribution < 1.29 is 5.21 Å². The first-order valence-corrected chi connectivity index (χ1v) is 5.84. The lowest BCUT2D eigenvalue weighted by molar-refractivity contribution is 0.276. The molecule has 1 aromatic heterocycles. The van der Waals surface area contributed by atoms with Gasteiger partial charge in [-0.1, -0.05) is 12.1 Å². The minimum absolute atomic E-state index is 0.296. The van der Waals surface area contributed by atoms with Crippen LogP contribution >= 0.6 is 0 Å². The molecule has 0 spiro atoms. The normalized spacial score (nSPS) is 12.0. The SMILES string of the molecule is CCN(CCCC(N)=NO)Cc1ccncc1. The molecule has 1 rings (SSSR count). The predicted octanol–water partition coefficient (Wildman–Crippen LogP) is 1.43. The lowest BCUT2D eigenvalue weighted by atomic mass is 10.2. The summed E-state index contributed by atoms with van der Waals surface area (Å²) in [6, 6.07) is 4.04. The number of amidine groups is 1. The molecule has 0 aromatic carbocycles. The van der Waals surface area contributed by atoms with Gasteiger partial charge in [0, 0.05) is 25.4 Å². The molecule has 17 heavy (non-hydrogen) atoms. The average molecular weight is 236 g/mol. The monoisotopic (exact) mass is 236 g/mol. The first kappa shape index (κ1) is 13.4. The van der Waals surface area contributed by atoms with Crippen molar-refractivity contribution in [2.45, 2.75) is 26.3 Å². The summed E-state index contributed by atoms with van der Waals surface area (Å²) in [5.41, 5.74) is 6.68. The van der Waals surface area contributed by atoms with E-state index in [1.54, 1.807) is 12.4 Å². The van der Waals surface area contributed by atoms with Crippen molar-refractivity contribution in [2.75, 3.05) is 13.1 Å². The summed E-state index contributed by atoms with van der Waals surface area (Å²) in [5.74, 6) is 0.296. The Labute approximate surface area is 102 Å². The van der Waals surface area contributed by atoms with Gasteiger partial charge in [0.1, 0.15) is 5.84 Å². The molecule has 5 nitrogen and oxygen atoms in total. The largest absolute Gasteiger partial charge is 0.409 e. The molecule has 0 aliphatic rings. The Balaban J connectivity index is 2.34. The van der Waals surface area contributed by atoms with Crippen LogP contribution in [0.4, 0.5) is 0 Å². The minimum atomic E-state index is 0.296. The van der Waals surface area contributed by atoms with E-state index in [0.717, 1.165) is 26.1 Å². The summed E-state index contributed by atoms with van der Waals surface area (Å²) in [5, 5.41) is 11.4. The molecule has 1 heterocycles. The topological polar surface area (TPSA) is 74.7 Å². The van der Waals surface area contributed by atoms with Crippen LogP contribution < -0.4 is 5.73 Å². The maximum Gasteiger partial charge on any atom is 0.139 e. The summed E-state index contributed by atoms with van der Waals surface area (Å²) in [4.78, 5) is 6.32. The molecular formula is C12H20N4O. The number of pyridine rings is 1. The molecule has 0 unspecified atom stereocenters. The third-order valence-corrected chi connectivity index (χ3v) is 2.64. The fourth-order valence-electron chi connectivity index (χ4n) is 1.63. The Morgan fingerprint density at radius 2 is 2.18 bits per heavy atom. The van der Waals surface area contributed by atoms with Crippen molar-refractivity contribution in [3.05, 3.63) is 30.1 Å². The van der Waals surface area contributed by atoms with Crippen LogP contribution in [-0.2, 0) is 6.54 Å². The number of aromatic nitrogens is 1. The maximum absolute atomic E-state index is 8.43. The lowest BCUT2D eigenvalue weighted by Crippen LogP contribution is -2.25. The molecule has 0 saturated carbocycles. The first-order valence-electron chi connectivity index (χ1n) is 5.84. The molecule has 1 aromatic rings. The Bertz CT molecular complexity index is 340. The van der Waals surface area contributed by atoms with Crippen LogP contribution in [0.1, 0.15) is 25.3 Å². The van der Waals surface area contributed by atoms with E-state index < -0.39 is 0 Å². The van der Waals surface area contributed by atoms with E-state index in [1.165, 1.54) is 5.56 Å². The first-order chi connectivity index (χ1) is 8.26. The second-order valence-corrected chi connectivity index (χ2v) is 3.92. The summed E-state index contributed by atoms with van der Waals surface area (Å²) in [6.07, 6.45) is 5.14. The van der Waals surface area contributed by atoms with Crippen LogP contribution in [-0.4, -0.2) is 34.0 Å². The Kier molecular flexibility index (Phi) is 6.03. The van der Waals surface area contributed by atoms with E-state index in [4.69, 9.17) is 10.9 Å². The maximum atomic E-state index is 8.43. The van der Waals surface area contributed by atoms with Crippen molar-refractivity contribution in [2.24, 2.45) is 10.9 Å². The Morgan fingerprint density at radius 3 is 2.76 bits per heavy atom. The van der Waals surface area contributed by atoms with Crippen LogP contribution in [0, 0.1) is 0 Å². The second kappa shape index (κ2) is 7.62. The van der Waals surface area contributed by atoms with Gasteiger partial charge in [-0.2, -0.15) is 0 Å². The van der Waals surface area contributed by atoms with Crippen LogP contribution in [0.5, 0.6) is 0 Å². The quantitative estimate of drug-likeness (QED) is 0.325. The molecule has 0 aliphatic carbocycles. The molecule has 0 aliphatic heterocycles. The number of nitrogens with zero attached hydrogens (tertiary/aromatic N) is 3. The molecule has 0 radical (unpaired) electrons. The van der Waals surface area contributed by atoms with E-state index in [-0.39, 0.29) is 0 Å². The van der Waals surface area contributed by atoms with E-state index in [9.17, 15) is 0 Å². The van der Waals surface area contributed by atoms with E-state index >= 15 is 0 Å². The van der Waals surface area contributed by atoms with Crippen molar-refractivity contribution >= 4 is 5.84 Å². The Hall–Kier alpha value is -1.62. The van der Waals surface area contributed by atoms with E-state index in [2.05, 4.69) is 22.0 Å². The highest BCUT2D eigenvalue weighted by molar-refractivity contribution is 5.79. The second-order valence-electron chi connectivity index (χ2n) is 3.92. The molecule has 5 heteroatoms. The number of oxime groups is 1. The van der Waals surface area contributed by atoms with Crippen molar-refractivity contribution in [3.63, 3.8) is 0 Å². The predicted molar refractivity (Wildman–Crippen MR) is 67.8 cm³/mol. The van der Waals surface area contributed by atoms with Gasteiger partial charge in [0.05, 0.1) is 0 Å². The van der Waals surface area contributed by atoms with Crippen molar-refractivity contribution in [3.8, 4) is 0 Å². The highest BCUT2D eigenvalue weighted by Crippen LogP contribution is 2.04. The Morgan fingerprint density at radius 1 is 1.47 bits per heavy atom. The fraction of sp³-hybridized carbons (Fsp3) is 0.500. The molecule has 0 fully saturated rings. The zero-order valence-corrected chi connectivity index (χ0v) is 10.2. The molecule has 94 valence electrons. The van der Waals surface area contributed by atoms with Gasteiger partial charge in [0.2, 0.25) is 0 Å². The van der Waals surface area contributed by atoms with Crippen molar-refractivity contribution in [1.29, 1.82) is 0 Å². The van der Waals surface area contributed by atoms with Gasteiger partial charge in [-0.05, 0) is 37.2 Å². The third-order valence-electron chi connectivity index (χ3n) is 2.64. The third kappa shape index (κ3) is 5.31. The zero-order chi connectivity index (χ0) is 12.5. The van der Waals surface area contributed by atoms with Crippen LogP contribution in [0.3, 0.4) is 0 Å². The summed E-state index contributed by atoms with van der Waals surface area (Å²) in [7, 11) is 0. The van der Waals surface area contributed by atoms with Crippen molar-refractivity contribution in [1.82, 2.24) is 9.88 Å². The van der Waals surface area contributed by atoms with Crippen LogP contribution in [0.2, 0.25) is 0 Å². The minimum Gasteiger partial charge on any atom is -0.409 e. The molecule has 0 amide bonds. The van der Waals surface area contributed by atoms with Crippen LogP contribution in [0.15, 0.2) is 29.7 Å². The zero-order valence-electron chi connectivity index (χ0n) is 10.2. The van der Waals surface area contributed by atoms with Gasteiger partial charge < -0.3 is 10.9 Å². The summed E-state index contributed by atoms with van der Waals surface area (Å²) in [6.45, 7) is 4.97. The van der Waals surface area contributed by atoms with Gasteiger partial charge in [0.15, 0.2) is 0 Å².